The average molecular weight is 311 g/mol. The number of nitrogens with one attached hydrogen (secondary N) is 1. The molecule has 4 nitrogen and oxygen atoms in total. The molecule has 1 fully saturated rings. The average Bonchev–Trinajstić information content (AvgIpc) is 2.92. The van der Waals surface area contributed by atoms with Crippen LogP contribution in [0.1, 0.15) is 43.8 Å². The molecular formula is C16H29N3OS. The van der Waals surface area contributed by atoms with Gasteiger partial charge in [-0.3, -0.25) is 0 Å². The summed E-state index contributed by atoms with van der Waals surface area (Å²) in [5.74, 6) is 0.683. The van der Waals surface area contributed by atoms with Crippen molar-refractivity contribution in [1.29, 1.82) is 0 Å². The molecule has 2 heterocycles. The maximum atomic E-state index is 5.76. The number of ether oxygens (including phenoxy) is 1. The summed E-state index contributed by atoms with van der Waals surface area (Å²) in [6, 6.07) is 0. The molecule has 1 aliphatic rings. The van der Waals surface area contributed by atoms with E-state index >= 15 is 0 Å². The highest BCUT2D eigenvalue weighted by atomic mass is 32.1. The number of rotatable bonds is 9. The number of piperidine rings is 1. The fourth-order valence-corrected chi connectivity index (χ4v) is 3.27. The van der Waals surface area contributed by atoms with Crippen molar-refractivity contribution >= 4 is 11.3 Å². The Morgan fingerprint density at radius 1 is 1.33 bits per heavy atom. The normalized spacial score (nSPS) is 16.7. The summed E-state index contributed by atoms with van der Waals surface area (Å²) in [5, 5.41) is 6.70. The van der Waals surface area contributed by atoms with Gasteiger partial charge >= 0.3 is 0 Å². The van der Waals surface area contributed by atoms with Gasteiger partial charge in [0.2, 0.25) is 0 Å². The van der Waals surface area contributed by atoms with Crippen molar-refractivity contribution in [1.82, 2.24) is 15.2 Å². The van der Waals surface area contributed by atoms with E-state index in [1.807, 2.05) is 0 Å². The van der Waals surface area contributed by atoms with Crippen molar-refractivity contribution in [3.63, 3.8) is 0 Å². The van der Waals surface area contributed by atoms with Crippen LogP contribution in [0.25, 0.3) is 0 Å². The second-order valence-electron chi connectivity index (χ2n) is 6.21. The Balaban J connectivity index is 1.57. The maximum Gasteiger partial charge on any atom is 0.107 e. The van der Waals surface area contributed by atoms with E-state index < -0.39 is 0 Å². The van der Waals surface area contributed by atoms with Crippen LogP contribution in [0.5, 0.6) is 0 Å². The van der Waals surface area contributed by atoms with Gasteiger partial charge in [0.25, 0.3) is 0 Å². The van der Waals surface area contributed by atoms with Crippen LogP contribution < -0.4 is 5.32 Å². The highest BCUT2D eigenvalue weighted by Gasteiger charge is 2.09. The second kappa shape index (κ2) is 9.51. The molecule has 0 radical (unpaired) electrons. The van der Waals surface area contributed by atoms with Gasteiger partial charge in [-0.05, 0) is 38.4 Å². The molecule has 0 atom stereocenters. The molecule has 21 heavy (non-hydrogen) atoms. The summed E-state index contributed by atoms with van der Waals surface area (Å²) in [6.07, 6.45) is 4.08. The molecule has 120 valence electrons. The van der Waals surface area contributed by atoms with E-state index in [0.717, 1.165) is 36.9 Å². The summed E-state index contributed by atoms with van der Waals surface area (Å²) in [6.45, 7) is 11.4. The number of likely N-dealkylation sites (tertiary alicyclic amines) is 1. The van der Waals surface area contributed by atoms with Crippen molar-refractivity contribution in [2.24, 2.45) is 5.92 Å². The minimum atomic E-state index is 0.647. The van der Waals surface area contributed by atoms with E-state index in [0.29, 0.717) is 12.5 Å². The number of hydrogen-bond donors (Lipinski definition) is 1. The van der Waals surface area contributed by atoms with Gasteiger partial charge < -0.3 is 15.0 Å². The topological polar surface area (TPSA) is 37.4 Å². The standard InChI is InChI=1S/C16H29N3OS/c1-14(2)10-17-11-16-18-15(13-21-16)12-20-9-8-19-6-4-3-5-7-19/h13-14,17H,3-12H2,1-2H3. The van der Waals surface area contributed by atoms with Gasteiger partial charge in [0.05, 0.1) is 18.9 Å². The third-order valence-corrected chi connectivity index (χ3v) is 4.58. The molecule has 1 aromatic heterocycles. The lowest BCUT2D eigenvalue weighted by atomic mass is 10.1. The molecule has 0 amide bonds. The van der Waals surface area contributed by atoms with Crippen LogP contribution in [0.3, 0.4) is 0 Å². The second-order valence-corrected chi connectivity index (χ2v) is 7.15. The smallest absolute Gasteiger partial charge is 0.107 e. The fraction of sp³-hybridized carbons (Fsp3) is 0.812. The zero-order chi connectivity index (χ0) is 14.9. The Bertz CT molecular complexity index is 389. The number of aromatic nitrogens is 1. The molecule has 0 bridgehead atoms. The number of nitrogens with zero attached hydrogens (tertiary/aromatic N) is 2. The summed E-state index contributed by atoms with van der Waals surface area (Å²) in [4.78, 5) is 7.11. The summed E-state index contributed by atoms with van der Waals surface area (Å²) < 4.78 is 5.76. The number of hydrogen-bond acceptors (Lipinski definition) is 5. The van der Waals surface area contributed by atoms with Gasteiger partial charge in [-0.2, -0.15) is 0 Å². The molecule has 0 saturated carbocycles. The van der Waals surface area contributed by atoms with E-state index in [-0.39, 0.29) is 0 Å². The zero-order valence-electron chi connectivity index (χ0n) is 13.4. The van der Waals surface area contributed by atoms with E-state index in [2.05, 4.69) is 34.4 Å². The Hall–Kier alpha value is -0.490. The predicted molar refractivity (Wildman–Crippen MR) is 88.6 cm³/mol. The van der Waals surface area contributed by atoms with Crippen molar-refractivity contribution < 1.29 is 4.74 Å². The highest BCUT2D eigenvalue weighted by molar-refractivity contribution is 7.09. The van der Waals surface area contributed by atoms with Crippen molar-refractivity contribution in [2.45, 2.75) is 46.3 Å². The lowest BCUT2D eigenvalue weighted by Gasteiger charge is -2.25. The first-order chi connectivity index (χ1) is 10.2. The molecular weight excluding hydrogens is 282 g/mol. The van der Waals surface area contributed by atoms with E-state index in [1.165, 1.54) is 32.4 Å². The SMILES string of the molecule is CC(C)CNCc1nc(COCCN2CCCCC2)cs1. The Morgan fingerprint density at radius 3 is 2.90 bits per heavy atom. The summed E-state index contributed by atoms with van der Waals surface area (Å²) in [5.41, 5.74) is 1.07. The van der Waals surface area contributed by atoms with Gasteiger partial charge in [-0.1, -0.05) is 20.3 Å². The number of thiazole rings is 1. The van der Waals surface area contributed by atoms with Gasteiger partial charge in [-0.25, -0.2) is 4.98 Å². The van der Waals surface area contributed by atoms with Crippen LogP contribution in [0.15, 0.2) is 5.38 Å². The lowest BCUT2D eigenvalue weighted by molar-refractivity contribution is 0.0847. The van der Waals surface area contributed by atoms with Crippen LogP contribution >= 0.6 is 11.3 Å². The molecule has 1 saturated heterocycles. The first kappa shape index (κ1) is 16.9. The first-order valence-electron chi connectivity index (χ1n) is 8.18. The van der Waals surface area contributed by atoms with Crippen LogP contribution in [0.4, 0.5) is 0 Å². The predicted octanol–water partition coefficient (Wildman–Crippen LogP) is 2.89. The van der Waals surface area contributed by atoms with Crippen molar-refractivity contribution in [2.75, 3.05) is 32.8 Å². The molecule has 0 aliphatic carbocycles. The molecule has 1 aromatic rings. The van der Waals surface area contributed by atoms with Crippen LogP contribution in [-0.2, 0) is 17.9 Å². The van der Waals surface area contributed by atoms with Gasteiger partial charge in [0, 0.05) is 18.5 Å². The minimum Gasteiger partial charge on any atom is -0.374 e. The van der Waals surface area contributed by atoms with E-state index in [9.17, 15) is 0 Å². The quantitative estimate of drug-likeness (QED) is 0.712. The molecule has 1 aliphatic heterocycles. The van der Waals surface area contributed by atoms with Crippen LogP contribution in [0, 0.1) is 5.92 Å². The molecule has 1 N–H and O–H groups in total. The first-order valence-corrected chi connectivity index (χ1v) is 9.06. The van der Waals surface area contributed by atoms with Gasteiger partial charge in [0.15, 0.2) is 0 Å². The molecule has 0 spiro atoms. The third-order valence-electron chi connectivity index (χ3n) is 3.68. The molecule has 2 rings (SSSR count). The Labute approximate surface area is 132 Å². The highest BCUT2D eigenvalue weighted by Crippen LogP contribution is 2.11. The molecule has 0 unspecified atom stereocenters. The third kappa shape index (κ3) is 6.87. The summed E-state index contributed by atoms with van der Waals surface area (Å²) >= 11 is 1.72. The monoisotopic (exact) mass is 311 g/mol. The maximum absolute atomic E-state index is 5.76. The Kier molecular flexibility index (Phi) is 7.64. The van der Waals surface area contributed by atoms with Crippen molar-refractivity contribution in [3.05, 3.63) is 16.1 Å². The Morgan fingerprint density at radius 2 is 2.14 bits per heavy atom. The van der Waals surface area contributed by atoms with E-state index in [1.54, 1.807) is 11.3 Å². The minimum absolute atomic E-state index is 0.647. The van der Waals surface area contributed by atoms with Gasteiger partial charge in [0.1, 0.15) is 5.01 Å². The van der Waals surface area contributed by atoms with E-state index in [4.69, 9.17) is 4.74 Å². The summed E-state index contributed by atoms with van der Waals surface area (Å²) in [7, 11) is 0. The van der Waals surface area contributed by atoms with Crippen molar-refractivity contribution in [3.8, 4) is 0 Å². The van der Waals surface area contributed by atoms with Gasteiger partial charge in [-0.15, -0.1) is 11.3 Å². The largest absolute Gasteiger partial charge is 0.374 e. The van der Waals surface area contributed by atoms with Crippen LogP contribution in [0.2, 0.25) is 0 Å². The molecule has 0 aromatic carbocycles. The fourth-order valence-electron chi connectivity index (χ4n) is 2.52. The van der Waals surface area contributed by atoms with Crippen LogP contribution in [-0.4, -0.2) is 42.7 Å². The molecule has 5 heteroatoms. The zero-order valence-corrected chi connectivity index (χ0v) is 14.3. The lowest BCUT2D eigenvalue weighted by Crippen LogP contribution is -2.32.